The van der Waals surface area contributed by atoms with Crippen LogP contribution in [-0.2, 0) is 4.74 Å². The van der Waals surface area contributed by atoms with Crippen molar-refractivity contribution < 1.29 is 18.3 Å². The fourth-order valence-corrected chi connectivity index (χ4v) is 1.38. The number of carbonyl (C=O) groups is 1. The second kappa shape index (κ2) is 5.94. The van der Waals surface area contributed by atoms with Crippen LogP contribution in [0.4, 0.5) is 8.78 Å². The zero-order chi connectivity index (χ0) is 12.1. The molecule has 0 saturated carbocycles. The molecular formula is C11H11BrF2O2. The SMILES string of the molecule is CCCCOC(=O)c1cc(F)c(Br)cc1F. The minimum absolute atomic E-state index is 0.0184. The summed E-state index contributed by atoms with van der Waals surface area (Å²) in [7, 11) is 0. The van der Waals surface area contributed by atoms with E-state index in [2.05, 4.69) is 15.9 Å². The molecule has 0 aliphatic heterocycles. The average Bonchev–Trinajstić information content (AvgIpc) is 2.23. The molecule has 0 bridgehead atoms. The molecule has 0 aliphatic rings. The van der Waals surface area contributed by atoms with Crippen LogP contribution in [0.3, 0.4) is 0 Å². The largest absolute Gasteiger partial charge is 0.462 e. The second-order valence-electron chi connectivity index (χ2n) is 3.24. The molecule has 0 fully saturated rings. The second-order valence-corrected chi connectivity index (χ2v) is 4.09. The van der Waals surface area contributed by atoms with Crippen LogP contribution in [-0.4, -0.2) is 12.6 Å². The van der Waals surface area contributed by atoms with Gasteiger partial charge in [0, 0.05) is 0 Å². The molecule has 0 heterocycles. The molecule has 0 radical (unpaired) electrons. The van der Waals surface area contributed by atoms with Gasteiger partial charge in [-0.15, -0.1) is 0 Å². The summed E-state index contributed by atoms with van der Waals surface area (Å²) in [5.74, 6) is -2.32. The van der Waals surface area contributed by atoms with Gasteiger partial charge in [0.15, 0.2) is 0 Å². The molecule has 5 heteroatoms. The van der Waals surface area contributed by atoms with Gasteiger partial charge in [-0.2, -0.15) is 0 Å². The Kier molecular flexibility index (Phi) is 4.86. The third-order valence-electron chi connectivity index (χ3n) is 1.96. The molecule has 0 atom stereocenters. The number of carbonyl (C=O) groups excluding carboxylic acids is 1. The lowest BCUT2D eigenvalue weighted by atomic mass is 10.2. The third-order valence-corrected chi connectivity index (χ3v) is 2.57. The highest BCUT2D eigenvalue weighted by Crippen LogP contribution is 2.20. The molecule has 0 amide bonds. The van der Waals surface area contributed by atoms with E-state index in [0.29, 0.717) is 6.42 Å². The van der Waals surface area contributed by atoms with Crippen molar-refractivity contribution in [3.63, 3.8) is 0 Å². The summed E-state index contributed by atoms with van der Waals surface area (Å²) in [6, 6.07) is 1.74. The molecular weight excluding hydrogens is 282 g/mol. The van der Waals surface area contributed by atoms with Crippen LogP contribution in [0.15, 0.2) is 16.6 Å². The van der Waals surface area contributed by atoms with Crippen molar-refractivity contribution in [2.24, 2.45) is 0 Å². The fourth-order valence-electron chi connectivity index (χ4n) is 1.07. The smallest absolute Gasteiger partial charge is 0.341 e. The molecule has 16 heavy (non-hydrogen) atoms. The number of rotatable bonds is 4. The van der Waals surface area contributed by atoms with Crippen LogP contribution >= 0.6 is 15.9 Å². The van der Waals surface area contributed by atoms with Crippen molar-refractivity contribution in [2.75, 3.05) is 6.61 Å². The molecule has 1 aromatic carbocycles. The Morgan fingerprint density at radius 2 is 2.06 bits per heavy atom. The highest BCUT2D eigenvalue weighted by atomic mass is 79.9. The minimum Gasteiger partial charge on any atom is -0.462 e. The highest BCUT2D eigenvalue weighted by Gasteiger charge is 2.16. The molecule has 0 saturated heterocycles. The van der Waals surface area contributed by atoms with E-state index in [1.54, 1.807) is 0 Å². The lowest BCUT2D eigenvalue weighted by Crippen LogP contribution is -2.09. The van der Waals surface area contributed by atoms with E-state index in [9.17, 15) is 13.6 Å². The molecule has 0 unspecified atom stereocenters. The Balaban J connectivity index is 2.79. The predicted octanol–water partition coefficient (Wildman–Crippen LogP) is 3.68. The monoisotopic (exact) mass is 292 g/mol. The lowest BCUT2D eigenvalue weighted by Gasteiger charge is -2.05. The number of hydrogen-bond donors (Lipinski definition) is 0. The Labute approximate surface area is 101 Å². The third kappa shape index (κ3) is 3.27. The summed E-state index contributed by atoms with van der Waals surface area (Å²) >= 11 is 2.83. The van der Waals surface area contributed by atoms with Crippen LogP contribution in [0.1, 0.15) is 30.1 Å². The highest BCUT2D eigenvalue weighted by molar-refractivity contribution is 9.10. The molecule has 88 valence electrons. The maximum atomic E-state index is 13.3. The van der Waals surface area contributed by atoms with Gasteiger partial charge in [-0.1, -0.05) is 13.3 Å². The Hall–Kier alpha value is -0.970. The Morgan fingerprint density at radius 1 is 1.38 bits per heavy atom. The van der Waals surface area contributed by atoms with Crippen LogP contribution in [0.25, 0.3) is 0 Å². The van der Waals surface area contributed by atoms with E-state index in [1.165, 1.54) is 0 Å². The molecule has 1 rings (SSSR count). The summed E-state index contributed by atoms with van der Waals surface area (Å²) in [4.78, 5) is 11.4. The number of ether oxygens (including phenoxy) is 1. The fraction of sp³-hybridized carbons (Fsp3) is 0.364. The minimum atomic E-state index is -0.836. The van der Waals surface area contributed by atoms with Gasteiger partial charge < -0.3 is 4.74 Å². The zero-order valence-electron chi connectivity index (χ0n) is 8.73. The van der Waals surface area contributed by atoms with Crippen LogP contribution in [0, 0.1) is 11.6 Å². The van der Waals surface area contributed by atoms with Gasteiger partial charge in [-0.25, -0.2) is 13.6 Å². The maximum Gasteiger partial charge on any atom is 0.341 e. The molecule has 0 N–H and O–H groups in total. The Morgan fingerprint density at radius 3 is 2.69 bits per heavy atom. The first kappa shape index (κ1) is 13.1. The van der Waals surface area contributed by atoms with Crippen LogP contribution < -0.4 is 0 Å². The van der Waals surface area contributed by atoms with E-state index in [4.69, 9.17) is 4.74 Å². The number of esters is 1. The summed E-state index contributed by atoms with van der Waals surface area (Å²) in [5, 5.41) is 0. The van der Waals surface area contributed by atoms with E-state index in [-0.39, 0.29) is 16.6 Å². The van der Waals surface area contributed by atoms with E-state index < -0.39 is 17.6 Å². The Bertz CT molecular complexity index is 394. The molecule has 1 aromatic rings. The summed E-state index contributed by atoms with van der Waals surface area (Å²) in [6.07, 6.45) is 1.57. The van der Waals surface area contributed by atoms with Crippen LogP contribution in [0.2, 0.25) is 0 Å². The number of unbranched alkanes of at least 4 members (excludes halogenated alkanes) is 1. The van der Waals surface area contributed by atoms with Crippen LogP contribution in [0.5, 0.6) is 0 Å². The van der Waals surface area contributed by atoms with Gasteiger partial charge in [0.1, 0.15) is 11.6 Å². The van der Waals surface area contributed by atoms with Crippen molar-refractivity contribution in [1.29, 1.82) is 0 Å². The van der Waals surface area contributed by atoms with Crippen molar-refractivity contribution in [3.05, 3.63) is 33.8 Å². The van der Waals surface area contributed by atoms with Gasteiger partial charge >= 0.3 is 5.97 Å². The van der Waals surface area contributed by atoms with Gasteiger partial charge in [-0.05, 0) is 34.5 Å². The molecule has 0 aromatic heterocycles. The molecule has 0 aliphatic carbocycles. The van der Waals surface area contributed by atoms with Gasteiger partial charge in [0.2, 0.25) is 0 Å². The predicted molar refractivity (Wildman–Crippen MR) is 59.2 cm³/mol. The topological polar surface area (TPSA) is 26.3 Å². The van der Waals surface area contributed by atoms with Gasteiger partial charge in [0.05, 0.1) is 16.6 Å². The average molecular weight is 293 g/mol. The van der Waals surface area contributed by atoms with Crippen molar-refractivity contribution in [1.82, 2.24) is 0 Å². The normalized spacial score (nSPS) is 10.2. The maximum absolute atomic E-state index is 13.3. The number of hydrogen-bond acceptors (Lipinski definition) is 2. The standard InChI is InChI=1S/C11H11BrF2O2/c1-2-3-4-16-11(15)7-5-10(14)8(12)6-9(7)13/h5-6H,2-4H2,1H3. The molecule has 2 nitrogen and oxygen atoms in total. The summed E-state index contributed by atoms with van der Waals surface area (Å²) < 4.78 is 31.1. The first-order valence-electron chi connectivity index (χ1n) is 4.88. The first-order chi connectivity index (χ1) is 7.56. The summed E-state index contributed by atoms with van der Waals surface area (Å²) in [5.41, 5.74) is -0.378. The van der Waals surface area contributed by atoms with Crippen molar-refractivity contribution >= 4 is 21.9 Å². The first-order valence-corrected chi connectivity index (χ1v) is 5.67. The number of benzene rings is 1. The van der Waals surface area contributed by atoms with Gasteiger partial charge in [-0.3, -0.25) is 0 Å². The zero-order valence-corrected chi connectivity index (χ0v) is 10.3. The van der Waals surface area contributed by atoms with E-state index >= 15 is 0 Å². The van der Waals surface area contributed by atoms with Gasteiger partial charge in [0.25, 0.3) is 0 Å². The van der Waals surface area contributed by atoms with E-state index in [0.717, 1.165) is 18.6 Å². The lowest BCUT2D eigenvalue weighted by molar-refractivity contribution is 0.0493. The summed E-state index contributed by atoms with van der Waals surface area (Å²) in [6.45, 7) is 2.15. The van der Waals surface area contributed by atoms with Crippen molar-refractivity contribution in [2.45, 2.75) is 19.8 Å². The molecule has 0 spiro atoms. The van der Waals surface area contributed by atoms with Crippen molar-refractivity contribution in [3.8, 4) is 0 Å². The number of halogens is 3. The van der Waals surface area contributed by atoms with E-state index in [1.807, 2.05) is 6.92 Å². The quantitative estimate of drug-likeness (QED) is 0.481.